The van der Waals surface area contributed by atoms with Crippen LogP contribution in [0.4, 0.5) is 0 Å². The Bertz CT molecular complexity index is 146. The van der Waals surface area contributed by atoms with Crippen molar-refractivity contribution in [3.8, 4) is 0 Å². The molecule has 0 saturated carbocycles. The first-order valence-corrected chi connectivity index (χ1v) is 2.63. The van der Waals surface area contributed by atoms with Gasteiger partial charge in [0.2, 0.25) is 5.78 Å². The van der Waals surface area contributed by atoms with E-state index in [1.165, 1.54) is 0 Å². The molecule has 0 heterocycles. The van der Waals surface area contributed by atoms with E-state index in [1.807, 2.05) is 0 Å². The maximum absolute atomic E-state index is 10.6. The van der Waals surface area contributed by atoms with Crippen LogP contribution in [0.1, 0.15) is 20.8 Å². The van der Waals surface area contributed by atoms with Crippen molar-refractivity contribution in [1.82, 2.24) is 0 Å². The van der Waals surface area contributed by atoms with Gasteiger partial charge in [0.1, 0.15) is 0 Å². The van der Waals surface area contributed by atoms with Crippen molar-refractivity contribution in [1.29, 1.82) is 0 Å². The molecule has 0 aliphatic rings. The van der Waals surface area contributed by atoms with Gasteiger partial charge in [-0.2, -0.15) is 0 Å². The molecule has 0 spiro atoms. The van der Waals surface area contributed by atoms with Crippen molar-refractivity contribution in [2.24, 2.45) is 5.41 Å². The van der Waals surface area contributed by atoms with Crippen molar-refractivity contribution in [3.63, 3.8) is 0 Å². The Kier molecular flexibility index (Phi) is 6.07. The summed E-state index contributed by atoms with van der Waals surface area (Å²) >= 11 is 0. The van der Waals surface area contributed by atoms with Gasteiger partial charge in [-0.25, -0.2) is 4.79 Å². The van der Waals surface area contributed by atoms with Crippen LogP contribution in [-0.4, -0.2) is 65.7 Å². The molecule has 0 atom stereocenters. The number of hydrogen-bond donors (Lipinski definition) is 1. The predicted octanol–water partition coefficient (Wildman–Crippen LogP) is -0.230. The molecule has 0 aromatic heterocycles. The van der Waals surface area contributed by atoms with E-state index in [9.17, 15) is 9.59 Å². The molecule has 0 aliphatic carbocycles. The second-order valence-electron chi connectivity index (χ2n) is 2.88. The van der Waals surface area contributed by atoms with Crippen molar-refractivity contribution < 1.29 is 14.7 Å². The SMILES string of the molecule is CC(C)(C)C(=O)C(=O)O.[BaH2]. The summed E-state index contributed by atoms with van der Waals surface area (Å²) in [5.41, 5.74) is -0.758. The van der Waals surface area contributed by atoms with E-state index in [-0.39, 0.29) is 48.9 Å². The van der Waals surface area contributed by atoms with Crippen LogP contribution < -0.4 is 0 Å². The number of aliphatic carboxylic acids is 1. The Morgan fingerprint density at radius 1 is 1.20 bits per heavy atom. The van der Waals surface area contributed by atoms with Crippen molar-refractivity contribution in [3.05, 3.63) is 0 Å². The van der Waals surface area contributed by atoms with Crippen molar-refractivity contribution in [2.75, 3.05) is 0 Å². The molecule has 0 aromatic carbocycles. The van der Waals surface area contributed by atoms with Crippen LogP contribution in [-0.2, 0) is 9.59 Å². The quantitative estimate of drug-likeness (QED) is 0.528. The fourth-order valence-electron chi connectivity index (χ4n) is 0.321. The number of hydrogen-bond acceptors (Lipinski definition) is 2. The van der Waals surface area contributed by atoms with E-state index in [4.69, 9.17) is 5.11 Å². The van der Waals surface area contributed by atoms with Gasteiger partial charge in [0, 0.05) is 5.41 Å². The summed E-state index contributed by atoms with van der Waals surface area (Å²) < 4.78 is 0. The Morgan fingerprint density at radius 2 is 1.50 bits per heavy atom. The molecular weight excluding hydrogens is 257 g/mol. The molecule has 0 bridgehead atoms. The number of Topliss-reactive ketones (excluding diaryl/α,β-unsaturated/α-hetero) is 1. The number of carboxylic acids is 1. The molecule has 0 unspecified atom stereocenters. The van der Waals surface area contributed by atoms with E-state index in [2.05, 4.69) is 0 Å². The fraction of sp³-hybridized carbons (Fsp3) is 0.667. The minimum atomic E-state index is -1.36. The molecule has 4 heteroatoms. The summed E-state index contributed by atoms with van der Waals surface area (Å²) in [6.45, 7) is 4.72. The normalized spacial score (nSPS) is 9.90. The topological polar surface area (TPSA) is 54.4 Å². The summed E-state index contributed by atoms with van der Waals surface area (Å²) in [5, 5.41) is 8.17. The van der Waals surface area contributed by atoms with Gasteiger partial charge < -0.3 is 5.11 Å². The van der Waals surface area contributed by atoms with Gasteiger partial charge in [0.15, 0.2) is 0 Å². The number of carbonyl (C=O) groups is 2. The molecule has 0 amide bonds. The van der Waals surface area contributed by atoms with Gasteiger partial charge in [-0.3, -0.25) is 4.79 Å². The Morgan fingerprint density at radius 3 is 1.50 bits per heavy atom. The Labute approximate surface area is 100 Å². The molecular formula is C6H12BaO3. The number of carbonyl (C=O) groups excluding carboxylic acids is 1. The molecule has 0 aliphatic heterocycles. The standard InChI is InChI=1S/C6H10O3.Ba.2H/c1-6(2,3)4(7)5(8)9;;;/h1-3H3,(H,8,9);;;. The van der Waals surface area contributed by atoms with Crippen molar-refractivity contribution in [2.45, 2.75) is 20.8 Å². The van der Waals surface area contributed by atoms with Crippen LogP contribution in [0, 0.1) is 5.41 Å². The first kappa shape index (κ1) is 13.3. The van der Waals surface area contributed by atoms with Gasteiger partial charge in [0.05, 0.1) is 0 Å². The van der Waals surface area contributed by atoms with Gasteiger partial charge in [-0.1, -0.05) is 20.8 Å². The van der Waals surface area contributed by atoms with E-state index >= 15 is 0 Å². The van der Waals surface area contributed by atoms with Crippen LogP contribution in [0.15, 0.2) is 0 Å². The molecule has 0 rings (SSSR count). The molecule has 56 valence electrons. The van der Waals surface area contributed by atoms with Gasteiger partial charge in [-0.05, 0) is 0 Å². The minimum absolute atomic E-state index is 0. The molecule has 10 heavy (non-hydrogen) atoms. The first-order chi connectivity index (χ1) is 3.85. The fourth-order valence-corrected chi connectivity index (χ4v) is 0.321. The molecule has 0 aromatic rings. The van der Waals surface area contributed by atoms with Gasteiger partial charge in [0.25, 0.3) is 0 Å². The van der Waals surface area contributed by atoms with Gasteiger partial charge >= 0.3 is 54.9 Å². The third-order valence-corrected chi connectivity index (χ3v) is 0.875. The average molecular weight is 269 g/mol. The summed E-state index contributed by atoms with van der Waals surface area (Å²) in [6.07, 6.45) is 0. The van der Waals surface area contributed by atoms with Crippen LogP contribution in [0.25, 0.3) is 0 Å². The number of carboxylic acid groups (broad SMARTS) is 1. The summed E-state index contributed by atoms with van der Waals surface area (Å²) in [6, 6.07) is 0. The van der Waals surface area contributed by atoms with E-state index < -0.39 is 17.2 Å². The first-order valence-electron chi connectivity index (χ1n) is 2.63. The molecule has 0 fully saturated rings. The summed E-state index contributed by atoms with van der Waals surface area (Å²) in [5.74, 6) is -2.11. The Hall–Kier alpha value is 0.711. The van der Waals surface area contributed by atoms with E-state index in [1.54, 1.807) is 20.8 Å². The van der Waals surface area contributed by atoms with Crippen LogP contribution in [0.3, 0.4) is 0 Å². The zero-order valence-corrected chi connectivity index (χ0v) is 5.76. The molecule has 3 nitrogen and oxygen atoms in total. The second-order valence-corrected chi connectivity index (χ2v) is 2.88. The molecule has 0 saturated heterocycles. The van der Waals surface area contributed by atoms with Crippen LogP contribution >= 0.6 is 0 Å². The number of rotatable bonds is 1. The summed E-state index contributed by atoms with van der Waals surface area (Å²) in [7, 11) is 0. The van der Waals surface area contributed by atoms with Gasteiger partial charge in [-0.15, -0.1) is 0 Å². The third kappa shape index (κ3) is 4.52. The monoisotopic (exact) mass is 270 g/mol. The zero-order chi connectivity index (χ0) is 7.65. The predicted molar refractivity (Wildman–Crippen MR) is 40.6 cm³/mol. The Balaban J connectivity index is 0. The summed E-state index contributed by atoms with van der Waals surface area (Å²) in [4.78, 5) is 20.6. The third-order valence-electron chi connectivity index (χ3n) is 0.875. The van der Waals surface area contributed by atoms with Crippen LogP contribution in [0.5, 0.6) is 0 Å². The molecule has 1 N–H and O–H groups in total. The average Bonchev–Trinajstić information content (AvgIpc) is 1.62. The number of ketones is 1. The van der Waals surface area contributed by atoms with E-state index in [0.29, 0.717) is 0 Å². The molecule has 0 radical (unpaired) electrons. The van der Waals surface area contributed by atoms with E-state index in [0.717, 1.165) is 0 Å². The van der Waals surface area contributed by atoms with Crippen molar-refractivity contribution >= 4 is 60.6 Å². The maximum atomic E-state index is 10.6. The van der Waals surface area contributed by atoms with Crippen LogP contribution in [0.2, 0.25) is 0 Å². The zero-order valence-electron chi connectivity index (χ0n) is 5.76. The second kappa shape index (κ2) is 4.56.